The van der Waals surface area contributed by atoms with E-state index in [1.165, 1.54) is 53.4 Å². The van der Waals surface area contributed by atoms with Crippen LogP contribution >= 0.6 is 23.2 Å². The molecule has 0 saturated heterocycles. The van der Waals surface area contributed by atoms with Gasteiger partial charge in [0, 0.05) is 23.1 Å². The van der Waals surface area contributed by atoms with Crippen molar-refractivity contribution in [1.82, 2.24) is 10.2 Å². The Labute approximate surface area is 232 Å². The van der Waals surface area contributed by atoms with Gasteiger partial charge < -0.3 is 10.2 Å². The Morgan fingerprint density at radius 2 is 1.63 bits per heavy atom. The second kappa shape index (κ2) is 13.1. The lowest BCUT2D eigenvalue weighted by atomic mass is 10.1. The molecule has 0 aromatic heterocycles. The second-order valence-corrected chi connectivity index (χ2v) is 11.1. The SMILES string of the molecule is CCNC(=O)[C@H](CC)N(Cc1ccc(Cl)cc1Cl)C(=O)CN(c1ccccc1F)S(=O)(=O)c1ccccc1. The quantitative estimate of drug-likeness (QED) is 0.335. The molecule has 0 spiro atoms. The molecule has 0 unspecified atom stereocenters. The molecule has 0 fully saturated rings. The smallest absolute Gasteiger partial charge is 0.264 e. The Kier molecular flexibility index (Phi) is 10.1. The van der Waals surface area contributed by atoms with Crippen LogP contribution in [0.3, 0.4) is 0 Å². The molecule has 0 bridgehead atoms. The molecule has 0 aliphatic heterocycles. The molecule has 11 heteroatoms. The zero-order valence-electron chi connectivity index (χ0n) is 20.9. The second-order valence-electron chi connectivity index (χ2n) is 8.35. The number of benzene rings is 3. The van der Waals surface area contributed by atoms with Gasteiger partial charge in [0.05, 0.1) is 10.6 Å². The molecule has 202 valence electrons. The highest BCUT2D eigenvalue weighted by atomic mass is 35.5. The maximum absolute atomic E-state index is 14.9. The predicted octanol–water partition coefficient (Wildman–Crippen LogP) is 5.27. The third kappa shape index (κ3) is 6.83. The first-order chi connectivity index (χ1) is 18.1. The van der Waals surface area contributed by atoms with Gasteiger partial charge in [-0.05, 0) is 55.3 Å². The van der Waals surface area contributed by atoms with Gasteiger partial charge >= 0.3 is 0 Å². The number of amides is 2. The molecule has 7 nitrogen and oxygen atoms in total. The first-order valence-electron chi connectivity index (χ1n) is 11.9. The number of hydrogen-bond acceptors (Lipinski definition) is 4. The van der Waals surface area contributed by atoms with Gasteiger partial charge in [0.15, 0.2) is 0 Å². The average Bonchev–Trinajstić information content (AvgIpc) is 2.89. The van der Waals surface area contributed by atoms with E-state index in [4.69, 9.17) is 23.2 Å². The summed E-state index contributed by atoms with van der Waals surface area (Å²) in [6.07, 6.45) is 0.244. The van der Waals surface area contributed by atoms with Crippen LogP contribution in [0.5, 0.6) is 0 Å². The van der Waals surface area contributed by atoms with Crippen molar-refractivity contribution < 1.29 is 22.4 Å². The van der Waals surface area contributed by atoms with Crippen LogP contribution in [0.2, 0.25) is 10.0 Å². The Morgan fingerprint density at radius 1 is 0.974 bits per heavy atom. The van der Waals surface area contributed by atoms with Gasteiger partial charge in [0.2, 0.25) is 11.8 Å². The van der Waals surface area contributed by atoms with Gasteiger partial charge in [-0.25, -0.2) is 12.8 Å². The summed E-state index contributed by atoms with van der Waals surface area (Å²) in [5, 5.41) is 3.39. The van der Waals surface area contributed by atoms with Crippen molar-refractivity contribution >= 4 is 50.7 Å². The highest BCUT2D eigenvalue weighted by molar-refractivity contribution is 7.92. The molecule has 3 aromatic carbocycles. The molecular formula is C27H28Cl2FN3O4S. The van der Waals surface area contributed by atoms with E-state index in [1.807, 2.05) is 0 Å². The number of halogens is 3. The van der Waals surface area contributed by atoms with Crippen LogP contribution in [0.4, 0.5) is 10.1 Å². The molecule has 3 rings (SSSR count). The van der Waals surface area contributed by atoms with Gasteiger partial charge in [0.1, 0.15) is 18.4 Å². The number of carbonyl (C=O) groups is 2. The lowest BCUT2D eigenvalue weighted by molar-refractivity contribution is -0.140. The molecule has 0 saturated carbocycles. The van der Waals surface area contributed by atoms with Crippen LogP contribution in [-0.2, 0) is 26.2 Å². The van der Waals surface area contributed by atoms with Gasteiger partial charge in [-0.1, -0.05) is 66.5 Å². The Balaban J connectivity index is 2.08. The first-order valence-corrected chi connectivity index (χ1v) is 14.1. The van der Waals surface area contributed by atoms with Crippen LogP contribution in [0.1, 0.15) is 25.8 Å². The highest BCUT2D eigenvalue weighted by Crippen LogP contribution is 2.28. The minimum atomic E-state index is -4.35. The van der Waals surface area contributed by atoms with Crippen molar-refractivity contribution in [3.63, 3.8) is 0 Å². The normalized spacial score (nSPS) is 12.0. The number of sulfonamides is 1. The largest absolute Gasteiger partial charge is 0.355 e. The average molecular weight is 581 g/mol. The minimum absolute atomic E-state index is 0.0963. The van der Waals surface area contributed by atoms with Crippen molar-refractivity contribution in [3.8, 4) is 0 Å². The van der Waals surface area contributed by atoms with Gasteiger partial charge in [-0.15, -0.1) is 0 Å². The lowest BCUT2D eigenvalue weighted by Gasteiger charge is -2.33. The zero-order valence-corrected chi connectivity index (χ0v) is 23.2. The standard InChI is InChI=1S/C27H28Cl2FN3O4S/c1-3-24(27(35)31-4-2)32(17-19-14-15-20(28)16-22(19)29)26(34)18-33(25-13-9-8-12-23(25)30)38(36,37)21-10-6-5-7-11-21/h5-16,24H,3-4,17-18H2,1-2H3,(H,31,35)/t24-/m0/s1. The summed E-state index contributed by atoms with van der Waals surface area (Å²) in [6, 6.07) is 16.5. The third-order valence-electron chi connectivity index (χ3n) is 5.82. The zero-order chi connectivity index (χ0) is 27.9. The Morgan fingerprint density at radius 3 is 2.24 bits per heavy atom. The number of nitrogens with zero attached hydrogens (tertiary/aromatic N) is 2. The number of carbonyl (C=O) groups excluding carboxylic acids is 2. The topological polar surface area (TPSA) is 86.8 Å². The third-order valence-corrected chi connectivity index (χ3v) is 8.18. The highest BCUT2D eigenvalue weighted by Gasteiger charge is 2.34. The van der Waals surface area contributed by atoms with Gasteiger partial charge in [-0.3, -0.25) is 13.9 Å². The molecule has 0 heterocycles. The maximum Gasteiger partial charge on any atom is 0.264 e. The number of anilines is 1. The molecule has 0 aliphatic rings. The van der Waals surface area contributed by atoms with E-state index in [9.17, 15) is 22.4 Å². The van der Waals surface area contributed by atoms with Crippen LogP contribution in [-0.4, -0.2) is 44.3 Å². The number of hydrogen-bond donors (Lipinski definition) is 1. The predicted molar refractivity (Wildman–Crippen MR) is 147 cm³/mol. The fraction of sp³-hybridized carbons (Fsp3) is 0.259. The van der Waals surface area contributed by atoms with Crippen molar-refractivity contribution in [2.75, 3.05) is 17.4 Å². The van der Waals surface area contributed by atoms with E-state index < -0.39 is 40.2 Å². The van der Waals surface area contributed by atoms with Crippen molar-refractivity contribution in [3.05, 3.63) is 94.2 Å². The Hall–Kier alpha value is -3.14. The molecule has 0 aliphatic carbocycles. The maximum atomic E-state index is 14.9. The van der Waals surface area contributed by atoms with Crippen molar-refractivity contribution in [2.45, 2.75) is 37.8 Å². The summed E-state index contributed by atoms with van der Waals surface area (Å²) in [4.78, 5) is 27.9. The van der Waals surface area contributed by atoms with Crippen molar-refractivity contribution in [2.24, 2.45) is 0 Å². The van der Waals surface area contributed by atoms with E-state index in [1.54, 1.807) is 32.0 Å². The molecule has 0 radical (unpaired) electrons. The van der Waals surface area contributed by atoms with E-state index in [2.05, 4.69) is 5.32 Å². The molecule has 3 aromatic rings. The lowest BCUT2D eigenvalue weighted by Crippen LogP contribution is -2.52. The summed E-state index contributed by atoms with van der Waals surface area (Å²) in [7, 11) is -4.35. The number of rotatable bonds is 11. The minimum Gasteiger partial charge on any atom is -0.355 e. The molecular weight excluding hydrogens is 552 g/mol. The first kappa shape index (κ1) is 29.4. The monoisotopic (exact) mass is 579 g/mol. The fourth-order valence-corrected chi connectivity index (χ4v) is 5.84. The Bertz CT molecular complexity index is 1390. The van der Waals surface area contributed by atoms with Crippen LogP contribution in [0.15, 0.2) is 77.7 Å². The number of likely N-dealkylation sites (N-methyl/N-ethyl adjacent to an activating group) is 1. The summed E-state index contributed by atoms with van der Waals surface area (Å²) in [5.41, 5.74) is 0.218. The van der Waals surface area contributed by atoms with Crippen LogP contribution < -0.4 is 9.62 Å². The van der Waals surface area contributed by atoms with E-state index in [-0.39, 0.29) is 28.6 Å². The van der Waals surface area contributed by atoms with Crippen LogP contribution in [0, 0.1) is 5.82 Å². The van der Waals surface area contributed by atoms with Crippen molar-refractivity contribution in [1.29, 1.82) is 0 Å². The van der Waals surface area contributed by atoms with Gasteiger partial charge in [0.25, 0.3) is 10.0 Å². The van der Waals surface area contributed by atoms with E-state index in [0.29, 0.717) is 17.1 Å². The van der Waals surface area contributed by atoms with Gasteiger partial charge in [-0.2, -0.15) is 0 Å². The molecule has 2 amide bonds. The molecule has 1 atom stereocenters. The summed E-state index contributed by atoms with van der Waals surface area (Å²) < 4.78 is 42.9. The van der Waals surface area contributed by atoms with E-state index in [0.717, 1.165) is 10.4 Å². The van der Waals surface area contributed by atoms with Crippen LogP contribution in [0.25, 0.3) is 0 Å². The summed E-state index contributed by atoms with van der Waals surface area (Å²) >= 11 is 12.4. The summed E-state index contributed by atoms with van der Waals surface area (Å²) in [5.74, 6) is -1.93. The molecule has 38 heavy (non-hydrogen) atoms. The summed E-state index contributed by atoms with van der Waals surface area (Å²) in [6.45, 7) is 2.97. The number of nitrogens with one attached hydrogen (secondary N) is 1. The number of para-hydroxylation sites is 1. The van der Waals surface area contributed by atoms with E-state index >= 15 is 0 Å². The fourth-order valence-electron chi connectivity index (χ4n) is 3.93. The molecule has 1 N–H and O–H groups in total.